The number of benzene rings is 2. The van der Waals surface area contributed by atoms with E-state index in [0.29, 0.717) is 49.5 Å². The van der Waals surface area contributed by atoms with Crippen molar-refractivity contribution in [2.75, 3.05) is 18.5 Å². The van der Waals surface area contributed by atoms with E-state index in [-0.39, 0.29) is 6.54 Å². The maximum atomic E-state index is 12.6. The number of nitrogens with zero attached hydrogens (tertiary/aromatic N) is 1. The number of amides is 1. The minimum absolute atomic E-state index is 0.289. The Morgan fingerprint density at radius 2 is 1.88 bits per heavy atom. The van der Waals surface area contributed by atoms with Gasteiger partial charge in [0.25, 0.3) is 5.82 Å². The smallest absolute Gasteiger partial charge is 0.471 e. The normalized spacial score (nSPS) is 14.4. The molecule has 0 saturated carbocycles. The molecular formula is C29H30F3N3O5. The number of rotatable bonds is 9. The highest BCUT2D eigenvalue weighted by Gasteiger charge is 2.38. The summed E-state index contributed by atoms with van der Waals surface area (Å²) >= 11 is 0. The first-order valence-corrected chi connectivity index (χ1v) is 12.8. The molecule has 2 aromatic carbocycles. The molecule has 1 unspecified atom stereocenters. The van der Waals surface area contributed by atoms with Crippen molar-refractivity contribution in [3.8, 4) is 5.75 Å². The zero-order valence-corrected chi connectivity index (χ0v) is 22.1. The van der Waals surface area contributed by atoms with Gasteiger partial charge in [0.1, 0.15) is 11.9 Å². The maximum absolute atomic E-state index is 12.6. The molecule has 1 aliphatic rings. The lowest BCUT2D eigenvalue weighted by Gasteiger charge is -2.19. The van der Waals surface area contributed by atoms with Crippen molar-refractivity contribution in [2.24, 2.45) is 0 Å². The van der Waals surface area contributed by atoms with Gasteiger partial charge in [-0.1, -0.05) is 24.3 Å². The highest BCUT2D eigenvalue weighted by atomic mass is 19.4. The Hall–Kier alpha value is -4.28. The Morgan fingerprint density at radius 3 is 2.62 bits per heavy atom. The van der Waals surface area contributed by atoms with Crippen molar-refractivity contribution in [1.29, 1.82) is 0 Å². The maximum Gasteiger partial charge on any atom is 0.471 e. The minimum atomic E-state index is -4.96. The molecule has 0 aliphatic heterocycles. The third-order valence-electron chi connectivity index (χ3n) is 6.51. The molecule has 1 aliphatic carbocycles. The first-order valence-electron chi connectivity index (χ1n) is 12.8. The van der Waals surface area contributed by atoms with Crippen molar-refractivity contribution in [2.45, 2.75) is 51.9 Å². The van der Waals surface area contributed by atoms with E-state index in [0.717, 1.165) is 32.5 Å². The summed E-state index contributed by atoms with van der Waals surface area (Å²) in [6, 6.07) is 14.3. The first-order chi connectivity index (χ1) is 19.0. The summed E-state index contributed by atoms with van der Waals surface area (Å²) in [5.41, 5.74) is 4.92. The van der Waals surface area contributed by atoms with Crippen molar-refractivity contribution in [3.05, 3.63) is 93.3 Å². The number of anilines is 1. The minimum Gasteiger partial charge on any atom is -0.711 e. The Balaban J connectivity index is 1.45. The summed E-state index contributed by atoms with van der Waals surface area (Å²) in [7, 11) is 0. The van der Waals surface area contributed by atoms with Crippen LogP contribution in [0.1, 0.15) is 52.8 Å². The molecule has 40 heavy (non-hydrogen) atoms. The van der Waals surface area contributed by atoms with E-state index in [1.54, 1.807) is 30.3 Å². The predicted molar refractivity (Wildman–Crippen MR) is 141 cm³/mol. The van der Waals surface area contributed by atoms with Crippen molar-refractivity contribution < 1.29 is 37.0 Å². The zero-order chi connectivity index (χ0) is 28.9. The third-order valence-corrected chi connectivity index (χ3v) is 6.51. The number of hydrogen-bond acceptors (Lipinski definition) is 6. The van der Waals surface area contributed by atoms with E-state index in [2.05, 4.69) is 5.32 Å². The average molecular weight is 558 g/mol. The van der Waals surface area contributed by atoms with Crippen LogP contribution in [0.4, 0.5) is 19.0 Å². The number of alkyl halides is 3. The molecule has 0 bridgehead atoms. The highest BCUT2D eigenvalue weighted by Crippen LogP contribution is 2.35. The molecule has 8 nitrogen and oxygen atoms in total. The Bertz CT molecular complexity index is 1390. The number of aromatic nitrogens is 1. The molecular weight excluding hydrogens is 527 g/mol. The van der Waals surface area contributed by atoms with Crippen LogP contribution in [-0.4, -0.2) is 31.2 Å². The third kappa shape index (κ3) is 7.43. The summed E-state index contributed by atoms with van der Waals surface area (Å²) < 4.78 is 50.1. The second-order valence-corrected chi connectivity index (χ2v) is 9.67. The summed E-state index contributed by atoms with van der Waals surface area (Å²) in [4.78, 5) is 23.1. The van der Waals surface area contributed by atoms with Crippen LogP contribution in [0.5, 0.6) is 5.75 Å². The van der Waals surface area contributed by atoms with Crippen LogP contribution < -0.4 is 20.1 Å². The Kier molecular flexibility index (Phi) is 8.81. The lowest BCUT2D eigenvalue weighted by Crippen LogP contribution is -2.36. The van der Waals surface area contributed by atoms with Gasteiger partial charge < -0.3 is 20.0 Å². The number of esters is 1. The van der Waals surface area contributed by atoms with Crippen LogP contribution in [0.2, 0.25) is 0 Å². The van der Waals surface area contributed by atoms with E-state index < -0.39 is 24.2 Å². The van der Waals surface area contributed by atoms with Gasteiger partial charge >= 0.3 is 18.1 Å². The van der Waals surface area contributed by atoms with Gasteiger partial charge in [-0.25, -0.2) is 4.73 Å². The highest BCUT2D eigenvalue weighted by molar-refractivity contribution is 5.81. The molecule has 212 valence electrons. The van der Waals surface area contributed by atoms with Crippen LogP contribution in [0.25, 0.3) is 0 Å². The van der Waals surface area contributed by atoms with Gasteiger partial charge in [-0.05, 0) is 64.9 Å². The Labute approximate surface area is 229 Å². The van der Waals surface area contributed by atoms with Gasteiger partial charge in [0.15, 0.2) is 0 Å². The standard InChI is InChI=1S/C29H30F3N3O5/c1-18-8-10-35(38)27(12-18)33-9-3-11-39-24-6-5-21-16-26(40-19(2)36)25-7-4-20(13-23(25)14-22(21)15-24)17-34-28(37)29(30,31)32/h4-8,10,12-13,15,26,33H,3,9,11,14,16-17H2,1-2H3,(H,34,37). The van der Waals surface area contributed by atoms with Gasteiger partial charge in [0, 0.05) is 32.4 Å². The second-order valence-electron chi connectivity index (χ2n) is 9.67. The molecule has 0 spiro atoms. The van der Waals surface area contributed by atoms with Gasteiger partial charge in [-0.2, -0.15) is 13.2 Å². The second kappa shape index (κ2) is 12.3. The molecule has 1 aromatic heterocycles. The van der Waals surface area contributed by atoms with Crippen molar-refractivity contribution in [3.63, 3.8) is 0 Å². The van der Waals surface area contributed by atoms with Gasteiger partial charge in [-0.15, -0.1) is 0 Å². The largest absolute Gasteiger partial charge is 0.711 e. The topological polar surface area (TPSA) is 104 Å². The molecule has 4 rings (SSSR count). The number of pyridine rings is 1. The number of carbonyl (C=O) groups excluding carboxylic acids is 2. The Morgan fingerprint density at radius 1 is 1.07 bits per heavy atom. The van der Waals surface area contributed by atoms with Crippen LogP contribution in [0.15, 0.2) is 54.7 Å². The molecule has 0 saturated heterocycles. The van der Waals surface area contributed by atoms with Gasteiger partial charge in [-0.3, -0.25) is 14.9 Å². The van der Waals surface area contributed by atoms with Crippen LogP contribution >= 0.6 is 0 Å². The molecule has 1 heterocycles. The van der Waals surface area contributed by atoms with E-state index in [4.69, 9.17) is 9.47 Å². The van der Waals surface area contributed by atoms with Gasteiger partial charge in [0.05, 0.1) is 19.3 Å². The number of nitrogens with one attached hydrogen (secondary N) is 2. The predicted octanol–water partition coefficient (Wildman–Crippen LogP) is 4.44. The molecule has 3 aromatic rings. The molecule has 0 fully saturated rings. The van der Waals surface area contributed by atoms with E-state index in [1.165, 1.54) is 13.1 Å². The van der Waals surface area contributed by atoms with Crippen LogP contribution in [-0.2, 0) is 33.7 Å². The monoisotopic (exact) mass is 557 g/mol. The molecule has 11 heteroatoms. The van der Waals surface area contributed by atoms with E-state index >= 15 is 0 Å². The fourth-order valence-corrected chi connectivity index (χ4v) is 4.60. The first kappa shape index (κ1) is 28.7. The fourth-order valence-electron chi connectivity index (χ4n) is 4.60. The molecule has 0 radical (unpaired) electrons. The van der Waals surface area contributed by atoms with E-state index in [1.807, 2.05) is 30.4 Å². The number of halogens is 3. The SMILES string of the molecule is CC(=O)OC1Cc2ccc(OCCCNc3cc(C)cc[n+]3[O-])cc2Cc2cc(CNC(=O)C(F)(F)F)ccc21. The number of aryl methyl sites for hydroxylation is 1. The summed E-state index contributed by atoms with van der Waals surface area (Å²) in [5.74, 6) is -1.33. The lowest BCUT2D eigenvalue weighted by molar-refractivity contribution is -0.590. The lowest BCUT2D eigenvalue weighted by atomic mass is 9.97. The number of carbonyl (C=O) groups is 2. The van der Waals surface area contributed by atoms with Crippen molar-refractivity contribution in [1.82, 2.24) is 5.32 Å². The summed E-state index contributed by atoms with van der Waals surface area (Å²) in [5, 5.41) is 16.8. The van der Waals surface area contributed by atoms with Crippen molar-refractivity contribution >= 4 is 17.7 Å². The van der Waals surface area contributed by atoms with E-state index in [9.17, 15) is 28.0 Å². The van der Waals surface area contributed by atoms with Crippen LogP contribution in [0.3, 0.4) is 0 Å². The van der Waals surface area contributed by atoms with Gasteiger partial charge in [0.2, 0.25) is 0 Å². The number of ether oxygens (including phenoxy) is 2. The summed E-state index contributed by atoms with van der Waals surface area (Å²) in [6.45, 7) is 3.90. The quantitative estimate of drug-likeness (QED) is 0.175. The molecule has 2 N–H and O–H groups in total. The number of fused-ring (bicyclic) bond motifs is 2. The number of hydrogen-bond donors (Lipinski definition) is 2. The average Bonchev–Trinajstić information content (AvgIpc) is 3.03. The molecule has 1 atom stereocenters. The molecule has 1 amide bonds. The fraction of sp³-hybridized carbons (Fsp3) is 0.345. The van der Waals surface area contributed by atoms with Crippen LogP contribution in [0, 0.1) is 12.1 Å². The summed E-state index contributed by atoms with van der Waals surface area (Å²) in [6.07, 6.45) is -2.54. The zero-order valence-electron chi connectivity index (χ0n) is 22.1.